The lowest BCUT2D eigenvalue weighted by molar-refractivity contribution is -0.167. The van der Waals surface area contributed by atoms with Gasteiger partial charge >= 0.3 is 17.9 Å². The molecule has 0 heterocycles. The molecule has 0 N–H and O–H groups in total. The van der Waals surface area contributed by atoms with Crippen LogP contribution in [0.1, 0.15) is 342 Å². The van der Waals surface area contributed by atoms with Crippen molar-refractivity contribution in [2.75, 3.05) is 13.2 Å². The van der Waals surface area contributed by atoms with E-state index in [1.165, 1.54) is 167 Å². The van der Waals surface area contributed by atoms with Crippen LogP contribution in [-0.2, 0) is 28.6 Å². The highest BCUT2D eigenvalue weighted by molar-refractivity contribution is 5.71. The first-order chi connectivity index (χ1) is 41.0. The Kier molecular flexibility index (Phi) is 67.2. The summed E-state index contributed by atoms with van der Waals surface area (Å²) in [5.74, 6) is -0.893. The van der Waals surface area contributed by atoms with Crippen molar-refractivity contribution in [3.05, 3.63) is 109 Å². The van der Waals surface area contributed by atoms with E-state index in [4.69, 9.17) is 14.2 Å². The summed E-state index contributed by atoms with van der Waals surface area (Å²) in [7, 11) is 0. The number of unbranched alkanes of at least 4 members (excludes halogenated alkanes) is 35. The zero-order valence-electron chi connectivity index (χ0n) is 54.7. The monoisotopic (exact) mass is 1150 g/mol. The van der Waals surface area contributed by atoms with Crippen molar-refractivity contribution in [2.45, 2.75) is 348 Å². The average Bonchev–Trinajstić information content (AvgIpc) is 3.49. The molecule has 476 valence electrons. The Morgan fingerprint density at radius 1 is 0.253 bits per heavy atom. The SMILES string of the molecule is CC/C=C\C/C=C\C/C=C\C/C=C\C/C=C\CCCCCCCCCCCC(=O)OC(COC(=O)CCCCCCC/C=C\C/C=C\CCC)COC(=O)CCCCCCCCCCCCCCCCC/C=C\C/C=C\CCCCCCC. The predicted molar refractivity (Wildman–Crippen MR) is 362 cm³/mol. The molecule has 0 aromatic carbocycles. The van der Waals surface area contributed by atoms with Gasteiger partial charge in [0.1, 0.15) is 13.2 Å². The van der Waals surface area contributed by atoms with Crippen LogP contribution in [0.3, 0.4) is 0 Å². The molecule has 0 aromatic heterocycles. The molecular weight excluding hydrogens is 1020 g/mol. The Bertz CT molecular complexity index is 1660. The molecule has 0 saturated carbocycles. The molecule has 0 aliphatic rings. The molecule has 1 atom stereocenters. The van der Waals surface area contributed by atoms with Crippen molar-refractivity contribution < 1.29 is 28.6 Å². The van der Waals surface area contributed by atoms with Crippen molar-refractivity contribution in [3.63, 3.8) is 0 Å². The highest BCUT2D eigenvalue weighted by Crippen LogP contribution is 2.17. The highest BCUT2D eigenvalue weighted by Gasteiger charge is 2.19. The van der Waals surface area contributed by atoms with E-state index in [1.54, 1.807) is 0 Å². The van der Waals surface area contributed by atoms with Gasteiger partial charge in [0.15, 0.2) is 6.10 Å². The summed E-state index contributed by atoms with van der Waals surface area (Å²) in [5.41, 5.74) is 0. The maximum Gasteiger partial charge on any atom is 0.306 e. The van der Waals surface area contributed by atoms with Crippen LogP contribution < -0.4 is 0 Å². The van der Waals surface area contributed by atoms with Crippen LogP contribution >= 0.6 is 0 Å². The number of allylic oxidation sites excluding steroid dienone is 18. The number of esters is 3. The summed E-state index contributed by atoms with van der Waals surface area (Å²) in [5, 5.41) is 0. The minimum Gasteiger partial charge on any atom is -0.462 e. The predicted octanol–water partition coefficient (Wildman–Crippen LogP) is 24.6. The van der Waals surface area contributed by atoms with Crippen molar-refractivity contribution in [1.29, 1.82) is 0 Å². The molecule has 0 saturated heterocycles. The van der Waals surface area contributed by atoms with Crippen molar-refractivity contribution >= 4 is 17.9 Å². The van der Waals surface area contributed by atoms with Gasteiger partial charge in [-0.25, -0.2) is 0 Å². The lowest BCUT2D eigenvalue weighted by Crippen LogP contribution is -2.30. The van der Waals surface area contributed by atoms with Crippen LogP contribution in [0.5, 0.6) is 0 Å². The molecular formula is C77H132O6. The van der Waals surface area contributed by atoms with E-state index in [1.807, 2.05) is 0 Å². The first kappa shape index (κ1) is 79.1. The summed E-state index contributed by atoms with van der Waals surface area (Å²) in [6.45, 7) is 6.47. The number of hydrogen-bond acceptors (Lipinski definition) is 6. The van der Waals surface area contributed by atoms with E-state index < -0.39 is 6.10 Å². The second-order valence-electron chi connectivity index (χ2n) is 23.4. The molecule has 6 heteroatoms. The van der Waals surface area contributed by atoms with Gasteiger partial charge in [-0.1, -0.05) is 310 Å². The van der Waals surface area contributed by atoms with Crippen LogP contribution in [0, 0.1) is 0 Å². The fraction of sp³-hybridized carbons (Fsp3) is 0.727. The first-order valence-corrected chi connectivity index (χ1v) is 35.4. The second kappa shape index (κ2) is 70.6. The molecule has 0 amide bonds. The lowest BCUT2D eigenvalue weighted by atomic mass is 10.0. The van der Waals surface area contributed by atoms with E-state index in [0.717, 1.165) is 135 Å². The van der Waals surface area contributed by atoms with E-state index in [9.17, 15) is 14.4 Å². The van der Waals surface area contributed by atoms with E-state index in [0.29, 0.717) is 19.3 Å². The maximum atomic E-state index is 13.0. The molecule has 1 unspecified atom stereocenters. The van der Waals surface area contributed by atoms with Crippen molar-refractivity contribution in [2.24, 2.45) is 0 Å². The minimum absolute atomic E-state index is 0.0840. The fourth-order valence-corrected chi connectivity index (χ4v) is 9.95. The van der Waals surface area contributed by atoms with Gasteiger partial charge in [-0.2, -0.15) is 0 Å². The number of carbonyl (C=O) groups is 3. The van der Waals surface area contributed by atoms with Gasteiger partial charge in [0.25, 0.3) is 0 Å². The highest BCUT2D eigenvalue weighted by atomic mass is 16.6. The second-order valence-corrected chi connectivity index (χ2v) is 23.4. The fourth-order valence-electron chi connectivity index (χ4n) is 9.95. The Balaban J connectivity index is 4.29. The summed E-state index contributed by atoms with van der Waals surface area (Å²) < 4.78 is 17.0. The van der Waals surface area contributed by atoms with Gasteiger partial charge in [-0.15, -0.1) is 0 Å². The van der Waals surface area contributed by atoms with Crippen molar-refractivity contribution in [1.82, 2.24) is 0 Å². The molecule has 0 bridgehead atoms. The van der Waals surface area contributed by atoms with Crippen LogP contribution in [0.25, 0.3) is 0 Å². The lowest BCUT2D eigenvalue weighted by Gasteiger charge is -2.18. The average molecular weight is 1150 g/mol. The molecule has 0 radical (unpaired) electrons. The normalized spacial score (nSPS) is 12.8. The Labute approximate surface area is 514 Å². The third kappa shape index (κ3) is 68.7. The van der Waals surface area contributed by atoms with E-state index in [2.05, 4.69) is 130 Å². The third-order valence-electron chi connectivity index (χ3n) is 15.2. The molecule has 0 fully saturated rings. The van der Waals surface area contributed by atoms with Gasteiger partial charge in [-0.05, 0) is 122 Å². The molecule has 83 heavy (non-hydrogen) atoms. The quantitative estimate of drug-likeness (QED) is 0.0261. The van der Waals surface area contributed by atoms with Gasteiger partial charge in [0.2, 0.25) is 0 Å². The zero-order valence-corrected chi connectivity index (χ0v) is 54.7. The Morgan fingerprint density at radius 3 is 0.783 bits per heavy atom. The van der Waals surface area contributed by atoms with Crippen LogP contribution in [0.2, 0.25) is 0 Å². The van der Waals surface area contributed by atoms with Crippen LogP contribution in [-0.4, -0.2) is 37.2 Å². The molecule has 0 aliphatic heterocycles. The number of rotatable bonds is 64. The molecule has 0 spiro atoms. The van der Waals surface area contributed by atoms with Gasteiger partial charge < -0.3 is 14.2 Å². The summed E-state index contributed by atoms with van der Waals surface area (Å²) in [6, 6.07) is 0. The molecule has 0 rings (SSSR count). The first-order valence-electron chi connectivity index (χ1n) is 35.4. The zero-order chi connectivity index (χ0) is 59.9. The summed E-state index contributed by atoms with van der Waals surface area (Å²) in [6.07, 6.45) is 96.9. The topological polar surface area (TPSA) is 78.9 Å². The van der Waals surface area contributed by atoms with Crippen LogP contribution in [0.4, 0.5) is 0 Å². The number of hydrogen-bond donors (Lipinski definition) is 0. The van der Waals surface area contributed by atoms with Gasteiger partial charge in [0.05, 0.1) is 0 Å². The summed E-state index contributed by atoms with van der Waals surface area (Å²) in [4.78, 5) is 38.4. The minimum atomic E-state index is -0.790. The Morgan fingerprint density at radius 2 is 0.494 bits per heavy atom. The molecule has 6 nitrogen and oxygen atoms in total. The molecule has 0 aromatic rings. The summed E-state index contributed by atoms with van der Waals surface area (Å²) >= 11 is 0. The van der Waals surface area contributed by atoms with Crippen molar-refractivity contribution in [3.8, 4) is 0 Å². The standard InChI is InChI=1S/C77H132O6/c1-4-7-10-13-16-19-22-25-27-29-31-33-35-37-38-40-41-43-45-47-49-52-55-58-61-64-67-70-76(79)82-73-74(72-81-75(78)69-66-63-60-57-54-51-24-21-18-15-12-9-6-3)83-77(80)71-68-65-62-59-56-53-50-48-46-44-42-39-36-34-32-30-28-26-23-20-17-14-11-8-5-2/h8,11-12,15,17,20-22,24-26,28-29,31-32,34,39,42,74H,4-7,9-10,13-14,16,18-19,23,27,30,33,35-38,40-41,43-73H2,1-3H3/b11-8-,15-12-,20-17-,24-21-,25-22-,28-26-,31-29-,34-32-,42-39-. The van der Waals surface area contributed by atoms with Gasteiger partial charge in [-0.3, -0.25) is 14.4 Å². The van der Waals surface area contributed by atoms with Gasteiger partial charge in [0, 0.05) is 19.3 Å². The third-order valence-corrected chi connectivity index (χ3v) is 15.2. The maximum absolute atomic E-state index is 13.0. The molecule has 0 aliphatic carbocycles. The Hall–Kier alpha value is -3.93. The number of carbonyl (C=O) groups excluding carboxylic acids is 3. The smallest absolute Gasteiger partial charge is 0.306 e. The van der Waals surface area contributed by atoms with E-state index >= 15 is 0 Å². The largest absolute Gasteiger partial charge is 0.462 e. The van der Waals surface area contributed by atoms with Crippen LogP contribution in [0.15, 0.2) is 109 Å². The number of ether oxygens (including phenoxy) is 3. The van der Waals surface area contributed by atoms with E-state index in [-0.39, 0.29) is 31.1 Å².